The highest BCUT2D eigenvalue weighted by molar-refractivity contribution is 6.31. The summed E-state index contributed by atoms with van der Waals surface area (Å²) in [6.45, 7) is 1.79. The van der Waals surface area contributed by atoms with E-state index in [4.69, 9.17) is 16.7 Å². The van der Waals surface area contributed by atoms with Crippen molar-refractivity contribution in [3.8, 4) is 0 Å². The molecule has 1 amide bonds. The molecule has 0 fully saturated rings. The van der Waals surface area contributed by atoms with E-state index < -0.39 is 5.97 Å². The maximum atomic E-state index is 12.1. The van der Waals surface area contributed by atoms with Crippen molar-refractivity contribution in [3.05, 3.63) is 58.4 Å². The Bertz CT molecular complexity index is 686. The van der Waals surface area contributed by atoms with Gasteiger partial charge in [-0.25, -0.2) is 4.79 Å². The van der Waals surface area contributed by atoms with E-state index in [0.29, 0.717) is 16.3 Å². The zero-order valence-corrected chi connectivity index (χ0v) is 11.3. The summed E-state index contributed by atoms with van der Waals surface area (Å²) in [4.78, 5) is 26.7. The zero-order valence-electron chi connectivity index (χ0n) is 10.6. The molecule has 0 spiro atoms. The molecule has 1 aromatic heterocycles. The lowest BCUT2D eigenvalue weighted by Crippen LogP contribution is -2.14. The van der Waals surface area contributed by atoms with Crippen LogP contribution in [0.4, 0.5) is 5.69 Å². The lowest BCUT2D eigenvalue weighted by Gasteiger charge is -2.08. The van der Waals surface area contributed by atoms with Crippen LogP contribution in [0.3, 0.4) is 0 Å². The number of pyridine rings is 1. The first kappa shape index (κ1) is 14.0. The monoisotopic (exact) mass is 290 g/mol. The second-order valence-electron chi connectivity index (χ2n) is 4.18. The summed E-state index contributed by atoms with van der Waals surface area (Å²) in [5, 5.41) is 11.9. The van der Waals surface area contributed by atoms with Gasteiger partial charge in [0.15, 0.2) is 0 Å². The molecule has 0 atom stereocenters. The van der Waals surface area contributed by atoms with Crippen molar-refractivity contribution in [3.63, 3.8) is 0 Å². The number of carboxylic acid groups (broad SMARTS) is 1. The smallest absolute Gasteiger partial charge is 0.337 e. The molecule has 0 saturated heterocycles. The summed E-state index contributed by atoms with van der Waals surface area (Å²) < 4.78 is 0. The van der Waals surface area contributed by atoms with Gasteiger partial charge in [-0.3, -0.25) is 9.78 Å². The minimum Gasteiger partial charge on any atom is -0.478 e. The molecule has 0 aliphatic rings. The summed E-state index contributed by atoms with van der Waals surface area (Å²) in [5.41, 5.74) is 1.52. The maximum absolute atomic E-state index is 12.1. The summed E-state index contributed by atoms with van der Waals surface area (Å²) in [6, 6.07) is 6.33. The minimum absolute atomic E-state index is 0.00520. The predicted octanol–water partition coefficient (Wildman–Crippen LogP) is 2.99. The Balaban J connectivity index is 2.25. The molecule has 2 aromatic rings. The van der Waals surface area contributed by atoms with Crippen molar-refractivity contribution in [2.45, 2.75) is 6.92 Å². The second kappa shape index (κ2) is 5.71. The Hall–Kier alpha value is -2.40. The molecule has 5 nitrogen and oxygen atoms in total. The summed E-state index contributed by atoms with van der Waals surface area (Å²) in [5.74, 6) is -1.47. The van der Waals surface area contributed by atoms with E-state index in [1.165, 1.54) is 18.5 Å². The first-order valence-corrected chi connectivity index (χ1v) is 6.11. The Kier molecular flexibility index (Phi) is 4.00. The maximum Gasteiger partial charge on any atom is 0.337 e. The number of carbonyl (C=O) groups is 2. The number of hydrogen-bond donors (Lipinski definition) is 2. The SMILES string of the molecule is Cc1ccc(Cl)cc1C(=O)Nc1cncc(C(=O)O)c1. The van der Waals surface area contributed by atoms with Gasteiger partial charge in [-0.15, -0.1) is 0 Å². The zero-order chi connectivity index (χ0) is 14.7. The molecule has 20 heavy (non-hydrogen) atoms. The highest BCUT2D eigenvalue weighted by Crippen LogP contribution is 2.17. The van der Waals surface area contributed by atoms with Crippen LogP contribution in [-0.2, 0) is 0 Å². The van der Waals surface area contributed by atoms with Gasteiger partial charge in [0.1, 0.15) is 0 Å². The topological polar surface area (TPSA) is 79.3 Å². The molecule has 0 unspecified atom stereocenters. The van der Waals surface area contributed by atoms with Gasteiger partial charge >= 0.3 is 5.97 Å². The molecule has 0 saturated carbocycles. The molecule has 0 aliphatic heterocycles. The average Bonchev–Trinajstić information content (AvgIpc) is 2.41. The van der Waals surface area contributed by atoms with Crippen molar-refractivity contribution in [2.24, 2.45) is 0 Å². The number of anilines is 1. The largest absolute Gasteiger partial charge is 0.478 e. The number of amides is 1. The van der Waals surface area contributed by atoms with Gasteiger partial charge in [-0.1, -0.05) is 17.7 Å². The van der Waals surface area contributed by atoms with E-state index in [9.17, 15) is 9.59 Å². The van der Waals surface area contributed by atoms with Crippen molar-refractivity contribution >= 4 is 29.2 Å². The molecular weight excluding hydrogens is 280 g/mol. The van der Waals surface area contributed by atoms with E-state index in [1.54, 1.807) is 25.1 Å². The highest BCUT2D eigenvalue weighted by Gasteiger charge is 2.11. The summed E-state index contributed by atoms with van der Waals surface area (Å²) in [7, 11) is 0. The number of aryl methyl sites for hydroxylation is 1. The molecule has 0 aliphatic carbocycles. The van der Waals surface area contributed by atoms with E-state index in [0.717, 1.165) is 5.56 Å². The van der Waals surface area contributed by atoms with Gasteiger partial charge in [0, 0.05) is 16.8 Å². The molecule has 102 valence electrons. The number of aromatic carboxylic acids is 1. The molecule has 1 aromatic carbocycles. The molecule has 0 bridgehead atoms. The van der Waals surface area contributed by atoms with Crippen molar-refractivity contribution < 1.29 is 14.7 Å². The van der Waals surface area contributed by atoms with Gasteiger partial charge in [0.2, 0.25) is 0 Å². The Morgan fingerprint density at radius 3 is 2.70 bits per heavy atom. The first-order chi connectivity index (χ1) is 9.47. The fourth-order valence-electron chi connectivity index (χ4n) is 1.66. The normalized spacial score (nSPS) is 10.1. The number of nitrogens with one attached hydrogen (secondary N) is 1. The number of hydrogen-bond acceptors (Lipinski definition) is 3. The second-order valence-corrected chi connectivity index (χ2v) is 4.62. The van der Waals surface area contributed by atoms with Crippen LogP contribution in [0.5, 0.6) is 0 Å². The van der Waals surface area contributed by atoms with Crippen LogP contribution in [0.15, 0.2) is 36.7 Å². The third-order valence-corrected chi connectivity index (χ3v) is 2.92. The predicted molar refractivity (Wildman–Crippen MR) is 75.3 cm³/mol. The number of benzene rings is 1. The highest BCUT2D eigenvalue weighted by atomic mass is 35.5. The van der Waals surface area contributed by atoms with Crippen molar-refractivity contribution in [1.82, 2.24) is 4.98 Å². The average molecular weight is 291 g/mol. The number of nitrogens with zero attached hydrogens (tertiary/aromatic N) is 1. The van der Waals surface area contributed by atoms with Gasteiger partial charge < -0.3 is 10.4 Å². The number of carboxylic acids is 1. The lowest BCUT2D eigenvalue weighted by molar-refractivity contribution is 0.0696. The van der Waals surface area contributed by atoms with Crippen LogP contribution in [0, 0.1) is 6.92 Å². The van der Waals surface area contributed by atoms with Crippen LogP contribution in [0.25, 0.3) is 0 Å². The summed E-state index contributed by atoms with van der Waals surface area (Å²) in [6.07, 6.45) is 2.59. The number of aromatic nitrogens is 1. The van der Waals surface area contributed by atoms with Crippen LogP contribution in [-0.4, -0.2) is 22.0 Å². The summed E-state index contributed by atoms with van der Waals surface area (Å²) >= 11 is 5.86. The van der Waals surface area contributed by atoms with E-state index >= 15 is 0 Å². The molecular formula is C14H11ClN2O3. The molecule has 0 radical (unpaired) electrons. The lowest BCUT2D eigenvalue weighted by atomic mass is 10.1. The van der Waals surface area contributed by atoms with Crippen LogP contribution < -0.4 is 5.32 Å². The van der Waals surface area contributed by atoms with Crippen molar-refractivity contribution in [1.29, 1.82) is 0 Å². The van der Waals surface area contributed by atoms with Crippen LogP contribution in [0.1, 0.15) is 26.3 Å². The van der Waals surface area contributed by atoms with Gasteiger partial charge in [-0.05, 0) is 30.7 Å². The third-order valence-electron chi connectivity index (χ3n) is 2.69. The number of carbonyl (C=O) groups excluding carboxylic acids is 1. The molecule has 2 rings (SSSR count). The van der Waals surface area contributed by atoms with E-state index in [-0.39, 0.29) is 11.5 Å². The fourth-order valence-corrected chi connectivity index (χ4v) is 1.83. The Labute approximate surface area is 120 Å². The van der Waals surface area contributed by atoms with Crippen LogP contribution in [0.2, 0.25) is 5.02 Å². The quantitative estimate of drug-likeness (QED) is 0.911. The van der Waals surface area contributed by atoms with Crippen LogP contribution >= 0.6 is 11.6 Å². The van der Waals surface area contributed by atoms with E-state index in [2.05, 4.69) is 10.3 Å². The van der Waals surface area contributed by atoms with Crippen molar-refractivity contribution in [2.75, 3.05) is 5.32 Å². The fraction of sp³-hybridized carbons (Fsp3) is 0.0714. The molecule has 6 heteroatoms. The van der Waals surface area contributed by atoms with E-state index in [1.807, 2.05) is 0 Å². The molecule has 1 heterocycles. The standard InChI is InChI=1S/C14H11ClN2O3/c1-8-2-3-10(15)5-12(8)13(18)17-11-4-9(14(19)20)6-16-7-11/h2-7H,1H3,(H,17,18)(H,19,20). The number of rotatable bonds is 3. The number of halogens is 1. The van der Waals surface area contributed by atoms with Gasteiger partial charge in [-0.2, -0.15) is 0 Å². The van der Waals surface area contributed by atoms with Gasteiger partial charge in [0.05, 0.1) is 17.4 Å². The first-order valence-electron chi connectivity index (χ1n) is 5.73. The Morgan fingerprint density at radius 1 is 1.25 bits per heavy atom. The Morgan fingerprint density at radius 2 is 2.00 bits per heavy atom. The molecule has 2 N–H and O–H groups in total. The van der Waals surface area contributed by atoms with Gasteiger partial charge in [0.25, 0.3) is 5.91 Å². The minimum atomic E-state index is -1.10. The third kappa shape index (κ3) is 3.13.